The van der Waals surface area contributed by atoms with E-state index >= 15 is 0 Å². The maximum absolute atomic E-state index is 13.3. The van der Waals surface area contributed by atoms with Gasteiger partial charge in [0, 0.05) is 50.0 Å². The zero-order chi connectivity index (χ0) is 26.2. The number of nitrogens with one attached hydrogen (secondary N) is 1. The first-order valence-corrected chi connectivity index (χ1v) is 14.0. The fraction of sp³-hybridized carbons (Fsp3) is 0.690. The minimum atomic E-state index is -0.0700. The second kappa shape index (κ2) is 10.4. The Morgan fingerprint density at radius 3 is 2.19 bits per heavy atom. The van der Waals surface area contributed by atoms with Crippen LogP contribution in [-0.2, 0) is 9.59 Å². The molecule has 0 spiro atoms. The summed E-state index contributed by atoms with van der Waals surface area (Å²) >= 11 is 0. The molecule has 1 aromatic rings. The minimum absolute atomic E-state index is 0.0700. The Bertz CT molecular complexity index is 1010. The first-order valence-electron chi connectivity index (χ1n) is 14.0. The number of likely N-dealkylation sites (tertiary alicyclic amines) is 2. The van der Waals surface area contributed by atoms with Gasteiger partial charge in [-0.3, -0.25) is 24.2 Å². The minimum Gasteiger partial charge on any atom is -0.339 e. The van der Waals surface area contributed by atoms with E-state index in [1.54, 1.807) is 0 Å². The van der Waals surface area contributed by atoms with E-state index in [9.17, 15) is 14.4 Å². The number of carbonyl (C=O) groups excluding carboxylic acids is 3. The van der Waals surface area contributed by atoms with Crippen molar-refractivity contribution in [2.24, 2.45) is 10.8 Å². The molecule has 1 N–H and O–H groups in total. The third kappa shape index (κ3) is 6.17. The summed E-state index contributed by atoms with van der Waals surface area (Å²) in [7, 11) is 0. The van der Waals surface area contributed by atoms with Crippen LogP contribution in [0.15, 0.2) is 24.3 Å². The van der Waals surface area contributed by atoms with Gasteiger partial charge in [0.25, 0.3) is 5.91 Å². The molecule has 3 aliphatic heterocycles. The number of rotatable bonds is 6. The lowest BCUT2D eigenvalue weighted by molar-refractivity contribution is -0.134. The summed E-state index contributed by atoms with van der Waals surface area (Å²) in [4.78, 5) is 46.9. The molecule has 8 heteroatoms. The van der Waals surface area contributed by atoms with Crippen LogP contribution in [0.25, 0.3) is 0 Å². The highest BCUT2D eigenvalue weighted by Crippen LogP contribution is 2.52. The standard InChI is InChI=1S/C29H43N5O3/c1-28(2)16-24-17-29(3,20-28)21-34(24)27(37)22-6-8-23(9-7-22)30-25(35)18-32-12-14-33(15-13-32)26(36)19-31-10-4-5-11-31/h6-9,24H,4-5,10-21H2,1-3H3,(H,30,35). The van der Waals surface area contributed by atoms with Crippen molar-refractivity contribution in [3.63, 3.8) is 0 Å². The molecule has 1 aliphatic carbocycles. The molecule has 1 saturated carbocycles. The lowest BCUT2D eigenvalue weighted by Crippen LogP contribution is -2.52. The van der Waals surface area contributed by atoms with Crippen molar-refractivity contribution in [3.05, 3.63) is 29.8 Å². The van der Waals surface area contributed by atoms with Crippen molar-refractivity contribution in [3.8, 4) is 0 Å². The first kappa shape index (κ1) is 26.2. The van der Waals surface area contributed by atoms with Crippen LogP contribution in [0.2, 0.25) is 0 Å². The molecule has 2 bridgehead atoms. The van der Waals surface area contributed by atoms with Crippen molar-refractivity contribution < 1.29 is 14.4 Å². The highest BCUT2D eigenvalue weighted by Gasteiger charge is 2.51. The molecule has 0 radical (unpaired) electrons. The van der Waals surface area contributed by atoms with E-state index in [0.717, 1.165) is 38.9 Å². The third-order valence-corrected chi connectivity index (χ3v) is 8.74. The Balaban J connectivity index is 1.08. The molecule has 1 aromatic carbocycles. The highest BCUT2D eigenvalue weighted by molar-refractivity contribution is 5.96. The number of fused-ring (bicyclic) bond motifs is 2. The van der Waals surface area contributed by atoms with E-state index in [0.29, 0.717) is 56.6 Å². The summed E-state index contributed by atoms with van der Waals surface area (Å²) in [6.45, 7) is 13.4. The summed E-state index contributed by atoms with van der Waals surface area (Å²) in [6, 6.07) is 7.63. The molecular weight excluding hydrogens is 466 g/mol. The quantitative estimate of drug-likeness (QED) is 0.638. The first-order chi connectivity index (χ1) is 17.6. The second-order valence-electron chi connectivity index (χ2n) is 12.9. The Morgan fingerprint density at radius 1 is 0.865 bits per heavy atom. The molecule has 37 heavy (non-hydrogen) atoms. The summed E-state index contributed by atoms with van der Waals surface area (Å²) in [6.07, 6.45) is 5.69. The molecule has 2 unspecified atom stereocenters. The Hall–Kier alpha value is -2.45. The summed E-state index contributed by atoms with van der Waals surface area (Å²) in [5, 5.41) is 2.97. The van der Waals surface area contributed by atoms with Crippen LogP contribution in [0.1, 0.15) is 63.2 Å². The monoisotopic (exact) mass is 509 g/mol. The van der Waals surface area contributed by atoms with Gasteiger partial charge >= 0.3 is 0 Å². The van der Waals surface area contributed by atoms with Gasteiger partial charge < -0.3 is 15.1 Å². The number of piperazine rings is 1. The van der Waals surface area contributed by atoms with Crippen molar-refractivity contribution >= 4 is 23.4 Å². The van der Waals surface area contributed by atoms with E-state index in [1.807, 2.05) is 29.2 Å². The van der Waals surface area contributed by atoms with Gasteiger partial charge in [-0.15, -0.1) is 0 Å². The average molecular weight is 510 g/mol. The van der Waals surface area contributed by atoms with Crippen LogP contribution < -0.4 is 5.32 Å². The predicted molar refractivity (Wildman–Crippen MR) is 144 cm³/mol. The highest BCUT2D eigenvalue weighted by atomic mass is 16.2. The average Bonchev–Trinajstić information content (AvgIpc) is 3.43. The van der Waals surface area contributed by atoms with E-state index in [1.165, 1.54) is 12.8 Å². The molecule has 3 saturated heterocycles. The smallest absolute Gasteiger partial charge is 0.254 e. The third-order valence-electron chi connectivity index (χ3n) is 8.74. The van der Waals surface area contributed by atoms with Crippen molar-refractivity contribution in [1.29, 1.82) is 0 Å². The number of amides is 3. The zero-order valence-corrected chi connectivity index (χ0v) is 22.8. The van der Waals surface area contributed by atoms with Gasteiger partial charge in [0.05, 0.1) is 13.1 Å². The molecule has 5 rings (SSSR count). The van der Waals surface area contributed by atoms with Gasteiger partial charge in [0.2, 0.25) is 11.8 Å². The van der Waals surface area contributed by atoms with Crippen molar-refractivity contribution in [2.45, 2.75) is 58.9 Å². The number of benzene rings is 1. The number of hydrogen-bond donors (Lipinski definition) is 1. The Kier molecular flexibility index (Phi) is 7.33. The van der Waals surface area contributed by atoms with Gasteiger partial charge in [-0.05, 0) is 80.3 Å². The SMILES string of the molecule is CC1(C)CC2CC(C)(CN2C(=O)c2ccc(NC(=O)CN3CCN(C(=O)CN4CCCC4)CC3)cc2)C1. The summed E-state index contributed by atoms with van der Waals surface area (Å²) < 4.78 is 0. The van der Waals surface area contributed by atoms with Gasteiger partial charge in [0.1, 0.15) is 0 Å². The largest absolute Gasteiger partial charge is 0.339 e. The van der Waals surface area contributed by atoms with Crippen LogP contribution in [0, 0.1) is 10.8 Å². The van der Waals surface area contributed by atoms with Gasteiger partial charge in [-0.1, -0.05) is 20.8 Å². The van der Waals surface area contributed by atoms with Crippen LogP contribution in [0.4, 0.5) is 5.69 Å². The van der Waals surface area contributed by atoms with Crippen LogP contribution >= 0.6 is 0 Å². The number of hydrogen-bond acceptors (Lipinski definition) is 5. The lowest BCUT2D eigenvalue weighted by Gasteiger charge is -2.39. The molecule has 202 valence electrons. The van der Waals surface area contributed by atoms with E-state index in [-0.39, 0.29) is 28.6 Å². The van der Waals surface area contributed by atoms with E-state index < -0.39 is 0 Å². The second-order valence-corrected chi connectivity index (χ2v) is 12.9. The van der Waals surface area contributed by atoms with E-state index in [2.05, 4.69) is 40.8 Å². The van der Waals surface area contributed by atoms with Gasteiger partial charge in [0.15, 0.2) is 0 Å². The fourth-order valence-corrected chi connectivity index (χ4v) is 7.35. The molecule has 2 atom stereocenters. The molecule has 4 fully saturated rings. The normalized spacial score (nSPS) is 27.9. The maximum atomic E-state index is 13.3. The van der Waals surface area contributed by atoms with Gasteiger partial charge in [-0.2, -0.15) is 0 Å². The van der Waals surface area contributed by atoms with Crippen LogP contribution in [0.5, 0.6) is 0 Å². The Morgan fingerprint density at radius 2 is 1.51 bits per heavy atom. The maximum Gasteiger partial charge on any atom is 0.254 e. The lowest BCUT2D eigenvalue weighted by atomic mass is 9.65. The predicted octanol–water partition coefficient (Wildman–Crippen LogP) is 2.91. The fourth-order valence-electron chi connectivity index (χ4n) is 7.35. The summed E-state index contributed by atoms with van der Waals surface area (Å²) in [5.74, 6) is 0.233. The number of anilines is 1. The molecular formula is C29H43N5O3. The van der Waals surface area contributed by atoms with Gasteiger partial charge in [-0.25, -0.2) is 0 Å². The Labute approximate surface area is 221 Å². The molecule has 3 amide bonds. The topological polar surface area (TPSA) is 76.2 Å². The van der Waals surface area contributed by atoms with Crippen molar-refractivity contribution in [1.82, 2.24) is 19.6 Å². The molecule has 8 nitrogen and oxygen atoms in total. The van der Waals surface area contributed by atoms with E-state index in [4.69, 9.17) is 0 Å². The van der Waals surface area contributed by atoms with Crippen LogP contribution in [0.3, 0.4) is 0 Å². The van der Waals surface area contributed by atoms with Crippen LogP contribution in [-0.4, -0.2) is 102 Å². The number of carbonyl (C=O) groups is 3. The molecule has 0 aromatic heterocycles. The molecule has 3 heterocycles. The van der Waals surface area contributed by atoms with Crippen molar-refractivity contribution in [2.75, 3.05) is 64.2 Å². The number of nitrogens with zero attached hydrogens (tertiary/aromatic N) is 4. The summed E-state index contributed by atoms with van der Waals surface area (Å²) in [5.41, 5.74) is 1.87. The zero-order valence-electron chi connectivity index (χ0n) is 22.8. The molecule has 4 aliphatic rings.